The van der Waals surface area contributed by atoms with Gasteiger partial charge in [0.05, 0.1) is 22.4 Å². The Morgan fingerprint density at radius 2 is 1.95 bits per heavy atom. The summed E-state index contributed by atoms with van der Waals surface area (Å²) in [7, 11) is 0. The number of amides is 2. The zero-order valence-electron chi connectivity index (χ0n) is 11.8. The number of imide groups is 1. The summed E-state index contributed by atoms with van der Waals surface area (Å²) in [6.45, 7) is 1.65. The van der Waals surface area contributed by atoms with Crippen molar-refractivity contribution < 1.29 is 14.5 Å². The van der Waals surface area contributed by atoms with Gasteiger partial charge in [-0.2, -0.15) is 0 Å². The standard InChI is InChI=1S/C15H13ClN2O4/c1-8-6-10(18(21)22)3-5-13(8)17-14(19)11-4-2-9(16)7-12(11)15(17)20/h2-3,5-6,11-12H,4,7H2,1H3/t11-,12+/m1/s1. The van der Waals surface area contributed by atoms with Gasteiger partial charge in [0, 0.05) is 17.2 Å². The van der Waals surface area contributed by atoms with Crippen molar-refractivity contribution in [3.8, 4) is 0 Å². The molecule has 1 saturated heterocycles. The SMILES string of the molecule is Cc1cc([N+](=O)[O-])ccc1N1C(=O)[C@H]2CC(Cl)=CC[C@H]2C1=O. The molecule has 0 aromatic heterocycles. The summed E-state index contributed by atoms with van der Waals surface area (Å²) >= 11 is 5.98. The monoisotopic (exact) mass is 320 g/mol. The molecule has 3 rings (SSSR count). The molecule has 1 aliphatic carbocycles. The Bertz CT molecular complexity index is 728. The number of non-ortho nitro benzene ring substituents is 1. The lowest BCUT2D eigenvalue weighted by Gasteiger charge is -2.17. The minimum Gasteiger partial charge on any atom is -0.274 e. The van der Waals surface area contributed by atoms with Crippen molar-refractivity contribution in [3.05, 3.63) is 45.0 Å². The van der Waals surface area contributed by atoms with E-state index in [9.17, 15) is 19.7 Å². The molecule has 6 nitrogen and oxygen atoms in total. The fourth-order valence-electron chi connectivity index (χ4n) is 3.07. The lowest BCUT2D eigenvalue weighted by Crippen LogP contribution is -2.31. The van der Waals surface area contributed by atoms with E-state index in [-0.39, 0.29) is 23.4 Å². The smallest absolute Gasteiger partial charge is 0.269 e. The van der Waals surface area contributed by atoms with Gasteiger partial charge in [-0.15, -0.1) is 0 Å². The van der Waals surface area contributed by atoms with Gasteiger partial charge in [0.25, 0.3) is 5.69 Å². The topological polar surface area (TPSA) is 80.5 Å². The van der Waals surface area contributed by atoms with Crippen LogP contribution in [0, 0.1) is 28.9 Å². The Hall–Kier alpha value is -2.21. The summed E-state index contributed by atoms with van der Waals surface area (Å²) in [4.78, 5) is 36.5. The van der Waals surface area contributed by atoms with E-state index >= 15 is 0 Å². The number of hydrogen-bond acceptors (Lipinski definition) is 4. The molecule has 2 atom stereocenters. The molecule has 1 aromatic rings. The first-order valence-electron chi connectivity index (χ1n) is 6.87. The Morgan fingerprint density at radius 3 is 2.59 bits per heavy atom. The van der Waals surface area contributed by atoms with Crippen LogP contribution < -0.4 is 4.90 Å². The fourth-order valence-corrected chi connectivity index (χ4v) is 3.32. The number of halogens is 1. The van der Waals surface area contributed by atoms with Gasteiger partial charge < -0.3 is 0 Å². The maximum atomic E-state index is 12.6. The van der Waals surface area contributed by atoms with Crippen LogP contribution in [0.4, 0.5) is 11.4 Å². The molecular weight excluding hydrogens is 308 g/mol. The number of aryl methyl sites for hydroxylation is 1. The van der Waals surface area contributed by atoms with E-state index in [2.05, 4.69) is 0 Å². The molecule has 0 saturated carbocycles. The molecule has 114 valence electrons. The fraction of sp³-hybridized carbons (Fsp3) is 0.333. The van der Waals surface area contributed by atoms with Crippen LogP contribution in [0.3, 0.4) is 0 Å². The summed E-state index contributed by atoms with van der Waals surface area (Å²) in [5.41, 5.74) is 0.863. The molecule has 0 N–H and O–H groups in total. The molecular formula is C15H13ClN2O4. The maximum Gasteiger partial charge on any atom is 0.269 e. The van der Waals surface area contributed by atoms with Crippen LogP contribution in [0.2, 0.25) is 0 Å². The van der Waals surface area contributed by atoms with Gasteiger partial charge in [-0.3, -0.25) is 19.7 Å². The number of carbonyl (C=O) groups is 2. The van der Waals surface area contributed by atoms with Gasteiger partial charge in [0.15, 0.2) is 0 Å². The van der Waals surface area contributed by atoms with Crippen LogP contribution in [-0.4, -0.2) is 16.7 Å². The lowest BCUT2D eigenvalue weighted by atomic mass is 9.85. The lowest BCUT2D eigenvalue weighted by molar-refractivity contribution is -0.384. The summed E-state index contributed by atoms with van der Waals surface area (Å²) in [5, 5.41) is 11.4. The molecule has 7 heteroatoms. The largest absolute Gasteiger partial charge is 0.274 e. The normalized spacial score (nSPS) is 24.3. The number of hydrogen-bond donors (Lipinski definition) is 0. The molecule has 0 unspecified atom stereocenters. The van der Waals surface area contributed by atoms with Crippen LogP contribution in [0.1, 0.15) is 18.4 Å². The highest BCUT2D eigenvalue weighted by molar-refractivity contribution is 6.30. The number of nitrogens with zero attached hydrogens (tertiary/aromatic N) is 2. The van der Waals surface area contributed by atoms with E-state index in [0.29, 0.717) is 29.1 Å². The van der Waals surface area contributed by atoms with Gasteiger partial charge in [0.1, 0.15) is 0 Å². The van der Waals surface area contributed by atoms with E-state index < -0.39 is 10.8 Å². The van der Waals surface area contributed by atoms with Crippen molar-refractivity contribution >= 4 is 34.8 Å². The number of fused-ring (bicyclic) bond motifs is 1. The minimum atomic E-state index is -0.506. The summed E-state index contributed by atoms with van der Waals surface area (Å²) in [6, 6.07) is 4.12. The molecule has 22 heavy (non-hydrogen) atoms. The van der Waals surface area contributed by atoms with Crippen molar-refractivity contribution in [1.82, 2.24) is 0 Å². The summed E-state index contributed by atoms with van der Waals surface area (Å²) in [5.74, 6) is -1.35. The number of carbonyl (C=O) groups excluding carboxylic acids is 2. The molecule has 0 spiro atoms. The molecule has 0 radical (unpaired) electrons. The van der Waals surface area contributed by atoms with Gasteiger partial charge in [-0.05, 0) is 31.4 Å². The van der Waals surface area contributed by atoms with E-state index in [1.807, 2.05) is 0 Å². The van der Waals surface area contributed by atoms with Gasteiger partial charge >= 0.3 is 0 Å². The first-order chi connectivity index (χ1) is 10.4. The number of benzene rings is 1. The van der Waals surface area contributed by atoms with E-state index in [4.69, 9.17) is 11.6 Å². The zero-order chi connectivity index (χ0) is 16.0. The second-order valence-corrected chi connectivity index (χ2v) is 6.03. The summed E-state index contributed by atoms with van der Waals surface area (Å²) in [6.07, 6.45) is 2.61. The Morgan fingerprint density at radius 1 is 1.27 bits per heavy atom. The Labute approximate surface area is 131 Å². The van der Waals surface area contributed by atoms with E-state index in [1.54, 1.807) is 13.0 Å². The molecule has 2 amide bonds. The average Bonchev–Trinajstić information content (AvgIpc) is 2.71. The minimum absolute atomic E-state index is 0.0672. The number of anilines is 1. The van der Waals surface area contributed by atoms with Crippen molar-refractivity contribution in [3.63, 3.8) is 0 Å². The van der Waals surface area contributed by atoms with E-state index in [0.717, 1.165) is 4.90 Å². The van der Waals surface area contributed by atoms with Crippen molar-refractivity contribution in [2.75, 3.05) is 4.90 Å². The first kappa shape index (κ1) is 14.7. The van der Waals surface area contributed by atoms with E-state index in [1.165, 1.54) is 18.2 Å². The van der Waals surface area contributed by atoms with Crippen molar-refractivity contribution in [2.24, 2.45) is 11.8 Å². The average molecular weight is 321 g/mol. The molecule has 2 aliphatic rings. The molecule has 1 fully saturated rings. The third-order valence-electron chi connectivity index (χ3n) is 4.20. The zero-order valence-corrected chi connectivity index (χ0v) is 12.5. The third kappa shape index (κ3) is 2.20. The number of allylic oxidation sites excluding steroid dienone is 2. The quantitative estimate of drug-likeness (QED) is 0.476. The molecule has 0 bridgehead atoms. The van der Waals surface area contributed by atoms with Gasteiger partial charge in [-0.25, -0.2) is 4.90 Å². The summed E-state index contributed by atoms with van der Waals surface area (Å²) < 4.78 is 0. The Balaban J connectivity index is 1.98. The predicted octanol–water partition coefficient (Wildman–Crippen LogP) is 2.93. The van der Waals surface area contributed by atoms with Crippen LogP contribution in [0.15, 0.2) is 29.3 Å². The highest BCUT2D eigenvalue weighted by Crippen LogP contribution is 2.41. The van der Waals surface area contributed by atoms with Crippen LogP contribution in [-0.2, 0) is 9.59 Å². The van der Waals surface area contributed by atoms with Gasteiger partial charge in [0.2, 0.25) is 11.8 Å². The maximum absolute atomic E-state index is 12.6. The second kappa shape index (κ2) is 5.21. The number of nitro groups is 1. The highest BCUT2D eigenvalue weighted by Gasteiger charge is 2.49. The molecule has 1 aromatic carbocycles. The van der Waals surface area contributed by atoms with Crippen LogP contribution in [0.5, 0.6) is 0 Å². The predicted molar refractivity (Wildman–Crippen MR) is 80.5 cm³/mol. The van der Waals surface area contributed by atoms with Crippen LogP contribution >= 0.6 is 11.6 Å². The number of rotatable bonds is 2. The van der Waals surface area contributed by atoms with Gasteiger partial charge in [-0.1, -0.05) is 17.7 Å². The third-order valence-corrected chi connectivity index (χ3v) is 4.51. The van der Waals surface area contributed by atoms with Crippen molar-refractivity contribution in [2.45, 2.75) is 19.8 Å². The molecule has 1 aliphatic heterocycles. The Kier molecular flexibility index (Phi) is 3.48. The number of nitro benzene ring substituents is 1. The first-order valence-corrected chi connectivity index (χ1v) is 7.25. The second-order valence-electron chi connectivity index (χ2n) is 5.54. The van der Waals surface area contributed by atoms with Crippen molar-refractivity contribution in [1.29, 1.82) is 0 Å². The highest BCUT2D eigenvalue weighted by atomic mass is 35.5. The van der Waals surface area contributed by atoms with Crippen LogP contribution in [0.25, 0.3) is 0 Å². The molecule has 1 heterocycles.